The second-order valence-corrected chi connectivity index (χ2v) is 8.33. The molecular formula is C23H39IN6O. The maximum absolute atomic E-state index is 11.7. The lowest BCUT2D eigenvalue weighted by Crippen LogP contribution is -2.47. The smallest absolute Gasteiger partial charge is 0.223 e. The summed E-state index contributed by atoms with van der Waals surface area (Å²) in [5, 5.41) is 9.59. The lowest BCUT2D eigenvalue weighted by Gasteiger charge is -2.40. The predicted molar refractivity (Wildman–Crippen MR) is 138 cm³/mol. The van der Waals surface area contributed by atoms with Crippen LogP contribution in [0.2, 0.25) is 0 Å². The summed E-state index contributed by atoms with van der Waals surface area (Å²) in [6, 6.07) is 11.3. The molecule has 1 aromatic carbocycles. The van der Waals surface area contributed by atoms with Crippen LogP contribution in [0.5, 0.6) is 0 Å². The number of nitrogens with zero attached hydrogens (tertiary/aromatic N) is 3. The Morgan fingerprint density at radius 2 is 1.84 bits per heavy atom. The molecule has 0 spiro atoms. The summed E-state index contributed by atoms with van der Waals surface area (Å²) in [6.07, 6.45) is 3.12. The highest BCUT2D eigenvalue weighted by Crippen LogP contribution is 2.28. The SMILES string of the molecule is CCNC(=NCCCN1CCN(C)CC1c1ccccc1)NCCNC(=O)C1CC1.I. The van der Waals surface area contributed by atoms with Crippen LogP contribution in [0.4, 0.5) is 0 Å². The van der Waals surface area contributed by atoms with Crippen LogP contribution in [0, 0.1) is 5.92 Å². The fourth-order valence-electron chi connectivity index (χ4n) is 3.88. The van der Waals surface area contributed by atoms with Crippen molar-refractivity contribution in [3.63, 3.8) is 0 Å². The number of rotatable bonds is 10. The van der Waals surface area contributed by atoms with E-state index in [1.807, 2.05) is 0 Å². The molecule has 2 fully saturated rings. The van der Waals surface area contributed by atoms with Crippen molar-refractivity contribution >= 4 is 35.8 Å². The van der Waals surface area contributed by atoms with E-state index in [0.717, 1.165) is 64.5 Å². The van der Waals surface area contributed by atoms with Gasteiger partial charge in [0.2, 0.25) is 5.91 Å². The van der Waals surface area contributed by atoms with Crippen molar-refractivity contribution < 1.29 is 4.79 Å². The van der Waals surface area contributed by atoms with Crippen molar-refractivity contribution in [2.75, 3.05) is 59.4 Å². The topological polar surface area (TPSA) is 72.0 Å². The first-order chi connectivity index (χ1) is 14.7. The van der Waals surface area contributed by atoms with Gasteiger partial charge in [-0.05, 0) is 38.8 Å². The van der Waals surface area contributed by atoms with Crippen LogP contribution in [0.3, 0.4) is 0 Å². The molecule has 1 heterocycles. The van der Waals surface area contributed by atoms with Gasteiger partial charge in [-0.25, -0.2) is 0 Å². The van der Waals surface area contributed by atoms with E-state index in [1.54, 1.807) is 0 Å². The molecule has 31 heavy (non-hydrogen) atoms. The van der Waals surface area contributed by atoms with Crippen molar-refractivity contribution in [3.8, 4) is 0 Å². The molecule has 3 N–H and O–H groups in total. The Morgan fingerprint density at radius 3 is 2.55 bits per heavy atom. The average Bonchev–Trinajstić information content (AvgIpc) is 3.61. The lowest BCUT2D eigenvalue weighted by molar-refractivity contribution is -0.122. The van der Waals surface area contributed by atoms with Gasteiger partial charge in [0.1, 0.15) is 0 Å². The number of amides is 1. The summed E-state index contributed by atoms with van der Waals surface area (Å²) in [5.41, 5.74) is 1.40. The van der Waals surface area contributed by atoms with E-state index in [9.17, 15) is 4.79 Å². The summed E-state index contributed by atoms with van der Waals surface area (Å²) < 4.78 is 0. The van der Waals surface area contributed by atoms with E-state index in [-0.39, 0.29) is 35.8 Å². The fourth-order valence-corrected chi connectivity index (χ4v) is 3.88. The highest BCUT2D eigenvalue weighted by atomic mass is 127. The van der Waals surface area contributed by atoms with E-state index in [0.29, 0.717) is 19.1 Å². The molecule has 0 aromatic heterocycles. The normalized spacial score (nSPS) is 20.1. The van der Waals surface area contributed by atoms with E-state index < -0.39 is 0 Å². The zero-order valence-electron chi connectivity index (χ0n) is 19.0. The first kappa shape index (κ1) is 25.9. The zero-order valence-corrected chi connectivity index (χ0v) is 21.3. The van der Waals surface area contributed by atoms with Gasteiger partial charge in [0, 0.05) is 64.3 Å². The molecule has 1 atom stereocenters. The number of carbonyl (C=O) groups is 1. The second-order valence-electron chi connectivity index (χ2n) is 8.33. The quantitative estimate of drug-likeness (QED) is 0.183. The molecule has 1 aromatic rings. The zero-order chi connectivity index (χ0) is 21.2. The lowest BCUT2D eigenvalue weighted by atomic mass is 10.0. The third-order valence-electron chi connectivity index (χ3n) is 5.76. The van der Waals surface area contributed by atoms with E-state index in [1.165, 1.54) is 5.56 Å². The van der Waals surface area contributed by atoms with Crippen molar-refractivity contribution in [3.05, 3.63) is 35.9 Å². The molecule has 0 radical (unpaired) electrons. The number of hydrogen-bond donors (Lipinski definition) is 3. The Kier molecular flexibility index (Phi) is 11.6. The highest BCUT2D eigenvalue weighted by Gasteiger charge is 2.29. The Bertz CT molecular complexity index is 682. The number of likely N-dealkylation sites (N-methyl/N-ethyl adjacent to an activating group) is 1. The Morgan fingerprint density at radius 1 is 1.10 bits per heavy atom. The number of carbonyl (C=O) groups excluding carboxylic acids is 1. The molecular weight excluding hydrogens is 503 g/mol. The molecule has 7 nitrogen and oxygen atoms in total. The Labute approximate surface area is 204 Å². The van der Waals surface area contributed by atoms with Crippen LogP contribution in [-0.4, -0.2) is 81.1 Å². The van der Waals surface area contributed by atoms with Gasteiger partial charge >= 0.3 is 0 Å². The van der Waals surface area contributed by atoms with Gasteiger partial charge < -0.3 is 20.9 Å². The molecule has 1 aliphatic heterocycles. The molecule has 3 rings (SSSR count). The third kappa shape index (κ3) is 8.94. The minimum atomic E-state index is 0. The van der Waals surface area contributed by atoms with Crippen molar-refractivity contribution in [2.45, 2.75) is 32.2 Å². The first-order valence-electron chi connectivity index (χ1n) is 11.4. The van der Waals surface area contributed by atoms with E-state index in [2.05, 4.69) is 70.1 Å². The first-order valence-corrected chi connectivity index (χ1v) is 11.4. The van der Waals surface area contributed by atoms with Crippen LogP contribution in [0.15, 0.2) is 35.3 Å². The Balaban J connectivity index is 0.00000341. The summed E-state index contributed by atoms with van der Waals surface area (Å²) in [5.74, 6) is 1.29. The van der Waals surface area contributed by atoms with Gasteiger partial charge in [-0.15, -0.1) is 24.0 Å². The number of benzene rings is 1. The van der Waals surface area contributed by atoms with Crippen LogP contribution in [-0.2, 0) is 4.79 Å². The van der Waals surface area contributed by atoms with E-state index >= 15 is 0 Å². The molecule has 0 bridgehead atoms. The molecule has 1 amide bonds. The summed E-state index contributed by atoms with van der Waals surface area (Å²) in [4.78, 5) is 21.4. The molecule has 1 saturated carbocycles. The summed E-state index contributed by atoms with van der Waals surface area (Å²) in [7, 11) is 2.21. The number of nitrogens with one attached hydrogen (secondary N) is 3. The average molecular weight is 543 g/mol. The summed E-state index contributed by atoms with van der Waals surface area (Å²) in [6.45, 7) is 9.35. The largest absolute Gasteiger partial charge is 0.357 e. The van der Waals surface area contributed by atoms with Gasteiger partial charge in [-0.2, -0.15) is 0 Å². The maximum atomic E-state index is 11.7. The van der Waals surface area contributed by atoms with E-state index in [4.69, 9.17) is 4.99 Å². The number of hydrogen-bond acceptors (Lipinski definition) is 4. The van der Waals surface area contributed by atoms with Crippen LogP contribution in [0.25, 0.3) is 0 Å². The highest BCUT2D eigenvalue weighted by molar-refractivity contribution is 14.0. The molecule has 1 unspecified atom stereocenters. The van der Waals surface area contributed by atoms with Gasteiger partial charge in [-0.1, -0.05) is 30.3 Å². The standard InChI is InChI=1S/C23H38N6O.HI/c1-3-24-23(27-14-13-25-22(30)20-10-11-20)26-12-7-15-29-17-16-28(2)18-21(29)19-8-5-4-6-9-19;/h4-6,8-9,20-21H,3,7,10-18H2,1-2H3,(H,25,30)(H2,24,26,27);1H. The number of piperazine rings is 1. The minimum absolute atomic E-state index is 0. The molecule has 2 aliphatic rings. The fraction of sp³-hybridized carbons (Fsp3) is 0.652. The molecule has 1 aliphatic carbocycles. The van der Waals surface area contributed by atoms with Crippen LogP contribution in [0.1, 0.15) is 37.8 Å². The molecule has 1 saturated heterocycles. The number of halogens is 1. The Hall–Kier alpha value is -1.39. The van der Waals surface area contributed by atoms with Gasteiger partial charge in [0.05, 0.1) is 0 Å². The van der Waals surface area contributed by atoms with Gasteiger partial charge in [-0.3, -0.25) is 14.7 Å². The number of aliphatic imine (C=N–C) groups is 1. The van der Waals surface area contributed by atoms with Gasteiger partial charge in [0.15, 0.2) is 5.96 Å². The second kappa shape index (κ2) is 13.9. The summed E-state index contributed by atoms with van der Waals surface area (Å²) >= 11 is 0. The van der Waals surface area contributed by atoms with Crippen LogP contribution >= 0.6 is 24.0 Å². The number of guanidine groups is 1. The van der Waals surface area contributed by atoms with Crippen molar-refractivity contribution in [1.29, 1.82) is 0 Å². The minimum Gasteiger partial charge on any atom is -0.357 e. The predicted octanol–water partition coefficient (Wildman–Crippen LogP) is 2.06. The third-order valence-corrected chi connectivity index (χ3v) is 5.76. The van der Waals surface area contributed by atoms with Crippen molar-refractivity contribution in [2.24, 2.45) is 10.9 Å². The van der Waals surface area contributed by atoms with Crippen molar-refractivity contribution in [1.82, 2.24) is 25.8 Å². The maximum Gasteiger partial charge on any atom is 0.223 e. The molecule has 8 heteroatoms. The molecule has 174 valence electrons. The van der Waals surface area contributed by atoms with Crippen LogP contribution < -0.4 is 16.0 Å². The monoisotopic (exact) mass is 542 g/mol. The van der Waals surface area contributed by atoms with Gasteiger partial charge in [0.25, 0.3) is 0 Å².